The molecule has 1 heterocycles. The van der Waals surface area contributed by atoms with Gasteiger partial charge in [-0.15, -0.1) is 10.2 Å². The summed E-state index contributed by atoms with van der Waals surface area (Å²) < 4.78 is 0. The molecule has 0 saturated heterocycles. The van der Waals surface area contributed by atoms with E-state index in [0.29, 0.717) is 5.15 Å². The van der Waals surface area contributed by atoms with E-state index in [-0.39, 0.29) is 6.04 Å². The molecule has 3 aromatic rings. The minimum atomic E-state index is 0.143. The van der Waals surface area contributed by atoms with E-state index in [9.17, 15) is 0 Å². The number of hydrogen-bond donors (Lipinski definition) is 1. The summed E-state index contributed by atoms with van der Waals surface area (Å²) in [6, 6.07) is 16.5. The number of benzene rings is 2. The second-order valence-corrected chi connectivity index (χ2v) is 5.52. The van der Waals surface area contributed by atoms with Crippen LogP contribution in [0.4, 0.5) is 5.82 Å². The number of nitrogens with one attached hydrogen (secondary N) is 1. The lowest BCUT2D eigenvalue weighted by atomic mass is 10.1. The molecule has 0 radical (unpaired) electrons. The van der Waals surface area contributed by atoms with Crippen LogP contribution < -0.4 is 5.32 Å². The van der Waals surface area contributed by atoms with Gasteiger partial charge in [-0.2, -0.15) is 0 Å². The molecule has 0 aliphatic heterocycles. The van der Waals surface area contributed by atoms with Gasteiger partial charge in [-0.25, -0.2) is 0 Å². The highest BCUT2D eigenvalue weighted by atomic mass is 35.5. The van der Waals surface area contributed by atoms with Crippen molar-refractivity contribution in [1.82, 2.24) is 10.2 Å². The van der Waals surface area contributed by atoms with E-state index in [1.54, 1.807) is 0 Å². The highest BCUT2D eigenvalue weighted by molar-refractivity contribution is 6.34. The van der Waals surface area contributed by atoms with Gasteiger partial charge in [0.05, 0.1) is 6.04 Å². The molecule has 1 N–H and O–H groups in total. The Hall–Kier alpha value is -2.13. The Bertz CT molecular complexity index is 769. The average Bonchev–Trinajstić information content (AvgIpc) is 2.51. The lowest BCUT2D eigenvalue weighted by molar-refractivity contribution is 0.865. The Morgan fingerprint density at radius 3 is 2.33 bits per heavy atom. The molecule has 106 valence electrons. The van der Waals surface area contributed by atoms with Crippen molar-refractivity contribution in [3.63, 3.8) is 0 Å². The SMILES string of the molecule is Cc1ccc(C(C)Nc2nnc(Cl)c3ccccc23)cc1. The van der Waals surface area contributed by atoms with Crippen molar-refractivity contribution in [2.75, 3.05) is 5.32 Å². The molecule has 0 saturated carbocycles. The zero-order chi connectivity index (χ0) is 14.8. The Morgan fingerprint density at radius 1 is 0.952 bits per heavy atom. The largest absolute Gasteiger partial charge is 0.362 e. The highest BCUT2D eigenvalue weighted by Gasteiger charge is 2.11. The predicted molar refractivity (Wildman–Crippen MR) is 87.8 cm³/mol. The molecule has 0 fully saturated rings. The van der Waals surface area contributed by atoms with Crippen LogP contribution in [0.2, 0.25) is 5.15 Å². The molecule has 1 aromatic heterocycles. The molecule has 0 aliphatic carbocycles. The van der Waals surface area contributed by atoms with Crippen molar-refractivity contribution in [2.24, 2.45) is 0 Å². The summed E-state index contributed by atoms with van der Waals surface area (Å²) in [4.78, 5) is 0. The summed E-state index contributed by atoms with van der Waals surface area (Å²) in [6.07, 6.45) is 0. The van der Waals surface area contributed by atoms with Crippen LogP contribution in [0.1, 0.15) is 24.1 Å². The third-order valence-electron chi connectivity index (χ3n) is 3.57. The third kappa shape index (κ3) is 2.83. The zero-order valence-corrected chi connectivity index (χ0v) is 12.7. The van der Waals surface area contributed by atoms with Crippen molar-refractivity contribution < 1.29 is 0 Å². The Kier molecular flexibility index (Phi) is 3.76. The monoisotopic (exact) mass is 297 g/mol. The maximum Gasteiger partial charge on any atom is 0.159 e. The number of aryl methyl sites for hydroxylation is 1. The van der Waals surface area contributed by atoms with E-state index in [1.807, 2.05) is 24.3 Å². The summed E-state index contributed by atoms with van der Waals surface area (Å²) in [7, 11) is 0. The summed E-state index contributed by atoms with van der Waals surface area (Å²) in [6.45, 7) is 4.19. The Labute approximate surface area is 129 Å². The molecule has 3 rings (SSSR count). The lowest BCUT2D eigenvalue weighted by Gasteiger charge is -2.16. The number of fused-ring (bicyclic) bond motifs is 1. The van der Waals surface area contributed by atoms with Crippen LogP contribution in [0.3, 0.4) is 0 Å². The standard InChI is InChI=1S/C17H16ClN3/c1-11-7-9-13(10-8-11)12(2)19-17-15-6-4-3-5-14(15)16(18)20-21-17/h3-10,12H,1-2H3,(H,19,21). The number of rotatable bonds is 3. The van der Waals surface area contributed by atoms with E-state index in [2.05, 4.69) is 53.6 Å². The van der Waals surface area contributed by atoms with Gasteiger partial charge in [-0.05, 0) is 19.4 Å². The summed E-state index contributed by atoms with van der Waals surface area (Å²) in [5, 5.41) is 14.0. The van der Waals surface area contributed by atoms with Crippen LogP contribution in [0.5, 0.6) is 0 Å². The van der Waals surface area contributed by atoms with Crippen LogP contribution in [0.25, 0.3) is 10.8 Å². The molecule has 0 amide bonds. The predicted octanol–water partition coefficient (Wildman–Crippen LogP) is 4.76. The minimum Gasteiger partial charge on any atom is -0.362 e. The number of nitrogens with zero attached hydrogens (tertiary/aromatic N) is 2. The quantitative estimate of drug-likeness (QED) is 0.757. The number of halogens is 1. The molecule has 0 aliphatic rings. The average molecular weight is 298 g/mol. The maximum atomic E-state index is 6.10. The molecule has 1 unspecified atom stereocenters. The fourth-order valence-corrected chi connectivity index (χ4v) is 2.52. The van der Waals surface area contributed by atoms with E-state index in [1.165, 1.54) is 11.1 Å². The van der Waals surface area contributed by atoms with Crippen LogP contribution >= 0.6 is 11.6 Å². The summed E-state index contributed by atoms with van der Waals surface area (Å²) in [5.74, 6) is 0.753. The van der Waals surface area contributed by atoms with Gasteiger partial charge >= 0.3 is 0 Å². The topological polar surface area (TPSA) is 37.8 Å². The van der Waals surface area contributed by atoms with Crippen molar-refractivity contribution in [1.29, 1.82) is 0 Å². The molecule has 1 atom stereocenters. The lowest BCUT2D eigenvalue weighted by Crippen LogP contribution is -2.09. The van der Waals surface area contributed by atoms with Gasteiger partial charge in [-0.3, -0.25) is 0 Å². The van der Waals surface area contributed by atoms with Crippen LogP contribution in [-0.2, 0) is 0 Å². The first-order valence-electron chi connectivity index (χ1n) is 6.89. The van der Waals surface area contributed by atoms with Gasteiger partial charge in [0, 0.05) is 10.8 Å². The third-order valence-corrected chi connectivity index (χ3v) is 3.85. The number of anilines is 1. The van der Waals surface area contributed by atoms with Crippen LogP contribution in [0.15, 0.2) is 48.5 Å². The highest BCUT2D eigenvalue weighted by Crippen LogP contribution is 2.28. The first kappa shape index (κ1) is 13.8. The first-order valence-corrected chi connectivity index (χ1v) is 7.27. The first-order chi connectivity index (χ1) is 10.1. The number of aromatic nitrogens is 2. The summed E-state index contributed by atoms with van der Waals surface area (Å²) in [5.41, 5.74) is 2.46. The molecular formula is C17H16ClN3. The van der Waals surface area contributed by atoms with Gasteiger partial charge < -0.3 is 5.32 Å². The summed E-state index contributed by atoms with van der Waals surface area (Å²) >= 11 is 6.10. The van der Waals surface area contributed by atoms with E-state index in [0.717, 1.165) is 16.6 Å². The smallest absolute Gasteiger partial charge is 0.159 e. The fourth-order valence-electron chi connectivity index (χ4n) is 2.32. The Balaban J connectivity index is 1.95. The second-order valence-electron chi connectivity index (χ2n) is 5.16. The van der Waals surface area contributed by atoms with Crippen molar-refractivity contribution in [3.8, 4) is 0 Å². The second kappa shape index (κ2) is 5.70. The molecule has 3 nitrogen and oxygen atoms in total. The van der Waals surface area contributed by atoms with Crippen molar-refractivity contribution in [3.05, 3.63) is 64.8 Å². The zero-order valence-electron chi connectivity index (χ0n) is 12.0. The maximum absolute atomic E-state index is 6.10. The fraction of sp³-hybridized carbons (Fsp3) is 0.176. The van der Waals surface area contributed by atoms with Crippen LogP contribution in [0, 0.1) is 6.92 Å². The van der Waals surface area contributed by atoms with Gasteiger partial charge in [0.2, 0.25) is 0 Å². The van der Waals surface area contributed by atoms with Gasteiger partial charge in [0.1, 0.15) is 0 Å². The number of hydrogen-bond acceptors (Lipinski definition) is 3. The van der Waals surface area contributed by atoms with Gasteiger partial charge in [0.15, 0.2) is 11.0 Å². The normalized spacial score (nSPS) is 12.3. The van der Waals surface area contributed by atoms with Crippen LogP contribution in [-0.4, -0.2) is 10.2 Å². The molecular weight excluding hydrogens is 282 g/mol. The minimum absolute atomic E-state index is 0.143. The van der Waals surface area contributed by atoms with Gasteiger partial charge in [-0.1, -0.05) is 65.7 Å². The van der Waals surface area contributed by atoms with E-state index >= 15 is 0 Å². The van der Waals surface area contributed by atoms with Crippen molar-refractivity contribution in [2.45, 2.75) is 19.9 Å². The van der Waals surface area contributed by atoms with E-state index in [4.69, 9.17) is 11.6 Å². The van der Waals surface area contributed by atoms with Gasteiger partial charge in [0.25, 0.3) is 0 Å². The molecule has 0 bridgehead atoms. The Morgan fingerprint density at radius 2 is 1.62 bits per heavy atom. The molecule has 4 heteroatoms. The molecule has 0 spiro atoms. The molecule has 21 heavy (non-hydrogen) atoms. The molecule has 2 aromatic carbocycles. The van der Waals surface area contributed by atoms with Crippen molar-refractivity contribution >= 4 is 28.2 Å². The van der Waals surface area contributed by atoms with E-state index < -0.39 is 0 Å².